The van der Waals surface area contributed by atoms with Gasteiger partial charge < -0.3 is 14.9 Å². The molecule has 0 aliphatic heterocycles. The fourth-order valence-electron chi connectivity index (χ4n) is 1.67. The summed E-state index contributed by atoms with van der Waals surface area (Å²) in [5.74, 6) is 0.391. The molecular weight excluding hydrogens is 200 g/mol. The van der Waals surface area contributed by atoms with Crippen molar-refractivity contribution in [1.82, 2.24) is 9.80 Å². The first-order chi connectivity index (χ1) is 7.59. The lowest BCUT2D eigenvalue weighted by atomic mass is 10.2. The molecule has 0 radical (unpaired) electrons. The lowest BCUT2D eigenvalue weighted by Gasteiger charge is -2.18. The van der Waals surface area contributed by atoms with Crippen LogP contribution in [0.4, 0.5) is 0 Å². The first-order valence-electron chi connectivity index (χ1n) is 5.69. The molecule has 1 N–H and O–H groups in total. The maximum atomic E-state index is 9.64. The molecule has 1 aromatic rings. The largest absolute Gasteiger partial charge is 0.508 e. The van der Waals surface area contributed by atoms with Gasteiger partial charge in [-0.3, -0.25) is 0 Å². The molecule has 0 saturated carbocycles. The number of phenols is 1. The van der Waals surface area contributed by atoms with E-state index in [0.717, 1.165) is 31.6 Å². The van der Waals surface area contributed by atoms with Crippen molar-refractivity contribution in [2.75, 3.05) is 34.2 Å². The zero-order chi connectivity index (χ0) is 12.0. The zero-order valence-electron chi connectivity index (χ0n) is 10.5. The molecule has 1 rings (SSSR count). The highest BCUT2D eigenvalue weighted by Gasteiger charge is 2.04. The number of aromatic hydroxyl groups is 1. The first-order valence-corrected chi connectivity index (χ1v) is 5.69. The molecule has 0 heterocycles. The summed E-state index contributed by atoms with van der Waals surface area (Å²) in [6.07, 6.45) is 1.15. The van der Waals surface area contributed by atoms with E-state index in [1.807, 2.05) is 18.2 Å². The summed E-state index contributed by atoms with van der Waals surface area (Å²) in [5.41, 5.74) is 0.995. The van der Waals surface area contributed by atoms with Crippen molar-refractivity contribution < 1.29 is 5.11 Å². The quantitative estimate of drug-likeness (QED) is 0.794. The summed E-state index contributed by atoms with van der Waals surface area (Å²) in [4.78, 5) is 4.42. The Hall–Kier alpha value is -1.06. The summed E-state index contributed by atoms with van der Waals surface area (Å²) in [6.45, 7) is 2.96. The zero-order valence-corrected chi connectivity index (χ0v) is 10.5. The minimum atomic E-state index is 0.391. The van der Waals surface area contributed by atoms with Crippen LogP contribution in [0.1, 0.15) is 12.0 Å². The van der Waals surface area contributed by atoms with E-state index in [9.17, 15) is 5.11 Å². The van der Waals surface area contributed by atoms with E-state index in [-0.39, 0.29) is 0 Å². The van der Waals surface area contributed by atoms with Crippen LogP contribution in [-0.4, -0.2) is 49.1 Å². The smallest absolute Gasteiger partial charge is 0.120 e. The van der Waals surface area contributed by atoms with Crippen LogP contribution in [0.5, 0.6) is 5.75 Å². The van der Waals surface area contributed by atoms with E-state index in [1.54, 1.807) is 6.07 Å². The van der Waals surface area contributed by atoms with Gasteiger partial charge in [-0.2, -0.15) is 0 Å². The molecule has 0 atom stereocenters. The molecule has 1 aromatic carbocycles. The van der Waals surface area contributed by atoms with Gasteiger partial charge in [0.1, 0.15) is 5.75 Å². The minimum absolute atomic E-state index is 0.391. The molecule has 16 heavy (non-hydrogen) atoms. The predicted octanol–water partition coefficient (Wildman–Crippen LogP) is 1.78. The van der Waals surface area contributed by atoms with Crippen molar-refractivity contribution in [3.05, 3.63) is 29.8 Å². The van der Waals surface area contributed by atoms with E-state index in [1.165, 1.54) is 0 Å². The summed E-state index contributed by atoms with van der Waals surface area (Å²) in [5, 5.41) is 9.64. The lowest BCUT2D eigenvalue weighted by Crippen LogP contribution is -2.23. The fraction of sp³-hybridized carbons (Fsp3) is 0.538. The fourth-order valence-corrected chi connectivity index (χ4v) is 1.67. The van der Waals surface area contributed by atoms with E-state index < -0.39 is 0 Å². The molecule has 0 spiro atoms. The molecule has 0 amide bonds. The molecule has 0 bridgehead atoms. The Bertz CT molecular complexity index is 313. The van der Waals surface area contributed by atoms with Crippen LogP contribution >= 0.6 is 0 Å². The standard InChI is InChI=1S/C13H22N2O/c1-14(2)9-6-10-15(3)11-12-7-4-5-8-13(12)16/h4-5,7-8,16H,6,9-11H2,1-3H3. The second-order valence-electron chi connectivity index (χ2n) is 4.52. The highest BCUT2D eigenvalue weighted by Crippen LogP contribution is 2.16. The van der Waals surface area contributed by atoms with Crippen LogP contribution < -0.4 is 0 Å². The van der Waals surface area contributed by atoms with Gasteiger partial charge in [-0.05, 0) is 46.7 Å². The average Bonchev–Trinajstić information content (AvgIpc) is 2.21. The Morgan fingerprint density at radius 2 is 1.75 bits per heavy atom. The van der Waals surface area contributed by atoms with E-state index in [4.69, 9.17) is 0 Å². The minimum Gasteiger partial charge on any atom is -0.508 e. The molecule has 0 aromatic heterocycles. The number of nitrogens with zero attached hydrogens (tertiary/aromatic N) is 2. The molecule has 0 aliphatic carbocycles. The van der Waals surface area contributed by atoms with Crippen molar-refractivity contribution in [2.45, 2.75) is 13.0 Å². The maximum absolute atomic E-state index is 9.64. The number of hydrogen-bond acceptors (Lipinski definition) is 3. The van der Waals surface area contributed by atoms with E-state index in [2.05, 4.69) is 30.9 Å². The van der Waals surface area contributed by atoms with Crippen LogP contribution in [0, 0.1) is 0 Å². The number of phenolic OH excluding ortho intramolecular Hbond substituents is 1. The second-order valence-corrected chi connectivity index (χ2v) is 4.52. The topological polar surface area (TPSA) is 26.7 Å². The Balaban J connectivity index is 2.34. The molecular formula is C13H22N2O. The van der Waals surface area contributed by atoms with Gasteiger partial charge in [0.25, 0.3) is 0 Å². The van der Waals surface area contributed by atoms with Crippen molar-refractivity contribution >= 4 is 0 Å². The average molecular weight is 222 g/mol. The molecule has 0 unspecified atom stereocenters. The van der Waals surface area contributed by atoms with Gasteiger partial charge in [-0.25, -0.2) is 0 Å². The van der Waals surface area contributed by atoms with Crippen molar-refractivity contribution in [3.8, 4) is 5.75 Å². The third kappa shape index (κ3) is 4.64. The SMILES string of the molecule is CN(C)CCCN(C)Cc1ccccc1O. The second kappa shape index (κ2) is 6.51. The van der Waals surface area contributed by atoms with Crippen LogP contribution in [0.3, 0.4) is 0 Å². The molecule has 90 valence electrons. The van der Waals surface area contributed by atoms with Crippen LogP contribution in [0.25, 0.3) is 0 Å². The Labute approximate surface area is 98.3 Å². The summed E-state index contributed by atoms with van der Waals surface area (Å²) in [7, 11) is 6.26. The first kappa shape index (κ1) is 13.0. The maximum Gasteiger partial charge on any atom is 0.120 e. The van der Waals surface area contributed by atoms with Gasteiger partial charge in [0.05, 0.1) is 0 Å². The normalized spacial score (nSPS) is 11.3. The third-order valence-corrected chi connectivity index (χ3v) is 2.58. The molecule has 3 heteroatoms. The number of benzene rings is 1. The summed E-state index contributed by atoms with van der Waals surface area (Å²) in [6, 6.07) is 7.52. The van der Waals surface area contributed by atoms with Crippen molar-refractivity contribution in [3.63, 3.8) is 0 Å². The predicted molar refractivity (Wildman–Crippen MR) is 67.6 cm³/mol. The molecule has 0 saturated heterocycles. The highest BCUT2D eigenvalue weighted by molar-refractivity contribution is 5.31. The Morgan fingerprint density at radius 3 is 2.38 bits per heavy atom. The Kier molecular flexibility index (Phi) is 5.29. The van der Waals surface area contributed by atoms with Gasteiger partial charge in [-0.1, -0.05) is 18.2 Å². The number of hydrogen-bond donors (Lipinski definition) is 1. The van der Waals surface area contributed by atoms with Gasteiger partial charge in [0, 0.05) is 12.1 Å². The molecule has 3 nitrogen and oxygen atoms in total. The van der Waals surface area contributed by atoms with Gasteiger partial charge in [-0.15, -0.1) is 0 Å². The molecule has 0 aliphatic rings. The van der Waals surface area contributed by atoms with Gasteiger partial charge in [0.2, 0.25) is 0 Å². The van der Waals surface area contributed by atoms with E-state index >= 15 is 0 Å². The van der Waals surface area contributed by atoms with Crippen molar-refractivity contribution in [1.29, 1.82) is 0 Å². The monoisotopic (exact) mass is 222 g/mol. The van der Waals surface area contributed by atoms with Gasteiger partial charge in [0.15, 0.2) is 0 Å². The number of rotatable bonds is 6. The lowest BCUT2D eigenvalue weighted by molar-refractivity contribution is 0.291. The summed E-state index contributed by atoms with van der Waals surface area (Å²) < 4.78 is 0. The van der Waals surface area contributed by atoms with Crippen molar-refractivity contribution in [2.24, 2.45) is 0 Å². The van der Waals surface area contributed by atoms with E-state index in [0.29, 0.717) is 5.75 Å². The van der Waals surface area contributed by atoms with Gasteiger partial charge >= 0.3 is 0 Å². The molecule has 0 fully saturated rings. The van der Waals surface area contributed by atoms with Crippen LogP contribution in [0.2, 0.25) is 0 Å². The number of para-hydroxylation sites is 1. The van der Waals surface area contributed by atoms with Crippen LogP contribution in [0.15, 0.2) is 24.3 Å². The third-order valence-electron chi connectivity index (χ3n) is 2.58. The highest BCUT2D eigenvalue weighted by atomic mass is 16.3. The summed E-state index contributed by atoms with van der Waals surface area (Å²) >= 11 is 0. The Morgan fingerprint density at radius 1 is 1.06 bits per heavy atom. The van der Waals surface area contributed by atoms with Crippen LogP contribution in [-0.2, 0) is 6.54 Å².